The fraction of sp³-hybridized carbons (Fsp3) is 1.00. The molecule has 15 heavy (non-hydrogen) atoms. The minimum Gasteiger partial charge on any atom is -0.393 e. The molecule has 2 N–H and O–H groups in total. The van der Waals surface area contributed by atoms with Crippen molar-refractivity contribution < 1.29 is 9.84 Å². The highest BCUT2D eigenvalue weighted by molar-refractivity contribution is 4.98. The standard InChI is InChI=1S/C12H25NO2/c1-9(14)6-7-13-10-8-11(2,3)15-12(10,4)5/h9-10,13-14H,6-8H2,1-5H3/t9-,10-/m1/s1. The van der Waals surface area contributed by atoms with E-state index in [2.05, 4.69) is 33.0 Å². The van der Waals surface area contributed by atoms with Gasteiger partial charge in [-0.25, -0.2) is 0 Å². The van der Waals surface area contributed by atoms with Crippen LogP contribution < -0.4 is 5.32 Å². The Kier molecular flexibility index (Phi) is 3.80. The summed E-state index contributed by atoms with van der Waals surface area (Å²) in [5, 5.41) is 12.7. The summed E-state index contributed by atoms with van der Waals surface area (Å²) in [5.74, 6) is 0. The van der Waals surface area contributed by atoms with Crippen molar-refractivity contribution in [3.05, 3.63) is 0 Å². The van der Waals surface area contributed by atoms with Gasteiger partial charge in [0.15, 0.2) is 0 Å². The highest BCUT2D eigenvalue weighted by Gasteiger charge is 2.45. The fourth-order valence-electron chi connectivity index (χ4n) is 2.35. The Morgan fingerprint density at radius 3 is 2.40 bits per heavy atom. The summed E-state index contributed by atoms with van der Waals surface area (Å²) >= 11 is 0. The Morgan fingerprint density at radius 1 is 1.40 bits per heavy atom. The Hall–Kier alpha value is -0.120. The zero-order valence-electron chi connectivity index (χ0n) is 10.6. The van der Waals surface area contributed by atoms with Gasteiger partial charge in [0.2, 0.25) is 0 Å². The third kappa shape index (κ3) is 3.74. The Morgan fingerprint density at radius 2 is 2.00 bits per heavy atom. The van der Waals surface area contributed by atoms with E-state index in [0.717, 1.165) is 19.4 Å². The molecule has 0 amide bonds. The summed E-state index contributed by atoms with van der Waals surface area (Å²) in [6.07, 6.45) is 1.60. The Labute approximate surface area is 93.2 Å². The largest absolute Gasteiger partial charge is 0.393 e. The Balaban J connectivity index is 2.41. The maximum atomic E-state index is 9.19. The van der Waals surface area contributed by atoms with Crippen molar-refractivity contribution in [3.63, 3.8) is 0 Å². The molecule has 0 unspecified atom stereocenters. The minimum absolute atomic E-state index is 0.0357. The van der Waals surface area contributed by atoms with Crippen LogP contribution in [0.4, 0.5) is 0 Å². The maximum absolute atomic E-state index is 9.19. The number of hydrogen-bond donors (Lipinski definition) is 2. The lowest BCUT2D eigenvalue weighted by atomic mass is 9.94. The van der Waals surface area contributed by atoms with Crippen molar-refractivity contribution in [2.75, 3.05) is 6.54 Å². The highest BCUT2D eigenvalue weighted by atomic mass is 16.5. The molecule has 1 rings (SSSR count). The molecule has 0 spiro atoms. The highest BCUT2D eigenvalue weighted by Crippen LogP contribution is 2.37. The van der Waals surface area contributed by atoms with Crippen molar-refractivity contribution in [2.45, 2.75) is 70.8 Å². The van der Waals surface area contributed by atoms with Crippen molar-refractivity contribution in [3.8, 4) is 0 Å². The molecule has 0 radical (unpaired) electrons. The molecule has 1 aliphatic rings. The van der Waals surface area contributed by atoms with Crippen molar-refractivity contribution in [1.82, 2.24) is 5.32 Å². The lowest BCUT2D eigenvalue weighted by molar-refractivity contribution is -0.0699. The lowest BCUT2D eigenvalue weighted by Crippen LogP contribution is -2.44. The van der Waals surface area contributed by atoms with Crippen LogP contribution >= 0.6 is 0 Å². The third-order valence-corrected chi connectivity index (χ3v) is 3.03. The average Bonchev–Trinajstić information content (AvgIpc) is 2.18. The monoisotopic (exact) mass is 215 g/mol. The second-order valence-electron chi connectivity index (χ2n) is 5.81. The summed E-state index contributed by atoms with van der Waals surface area (Å²) < 4.78 is 5.98. The van der Waals surface area contributed by atoms with Crippen LogP contribution in [0.1, 0.15) is 47.5 Å². The molecule has 1 fully saturated rings. The van der Waals surface area contributed by atoms with E-state index in [0.29, 0.717) is 6.04 Å². The van der Waals surface area contributed by atoms with E-state index in [-0.39, 0.29) is 17.3 Å². The number of aliphatic hydroxyl groups excluding tert-OH is 1. The molecule has 0 saturated carbocycles. The van der Waals surface area contributed by atoms with Crippen molar-refractivity contribution >= 4 is 0 Å². The van der Waals surface area contributed by atoms with Gasteiger partial charge < -0.3 is 15.2 Å². The molecular weight excluding hydrogens is 190 g/mol. The number of aliphatic hydroxyl groups is 1. The quantitative estimate of drug-likeness (QED) is 0.750. The molecule has 1 saturated heterocycles. The van der Waals surface area contributed by atoms with Gasteiger partial charge in [-0.15, -0.1) is 0 Å². The van der Waals surface area contributed by atoms with Gasteiger partial charge in [0, 0.05) is 6.04 Å². The van der Waals surface area contributed by atoms with Crippen LogP contribution in [0, 0.1) is 0 Å². The van der Waals surface area contributed by atoms with E-state index >= 15 is 0 Å². The molecule has 0 aromatic carbocycles. The molecule has 0 aliphatic carbocycles. The summed E-state index contributed by atoms with van der Waals surface area (Å²) in [6.45, 7) is 11.2. The van der Waals surface area contributed by atoms with Crippen molar-refractivity contribution in [2.24, 2.45) is 0 Å². The van der Waals surface area contributed by atoms with Gasteiger partial charge in [0.25, 0.3) is 0 Å². The lowest BCUT2D eigenvalue weighted by Gasteiger charge is -2.28. The van der Waals surface area contributed by atoms with Crippen LogP contribution in [0.2, 0.25) is 0 Å². The van der Waals surface area contributed by atoms with Crippen LogP contribution in [-0.4, -0.2) is 35.0 Å². The van der Waals surface area contributed by atoms with Crippen LogP contribution in [0.15, 0.2) is 0 Å². The first kappa shape index (κ1) is 12.9. The van der Waals surface area contributed by atoms with E-state index in [1.54, 1.807) is 0 Å². The van der Waals surface area contributed by atoms with E-state index < -0.39 is 0 Å². The Bertz CT molecular complexity index is 212. The van der Waals surface area contributed by atoms with Crippen molar-refractivity contribution in [1.29, 1.82) is 0 Å². The minimum atomic E-state index is -0.226. The van der Waals surface area contributed by atoms with Crippen LogP contribution in [0.25, 0.3) is 0 Å². The van der Waals surface area contributed by atoms with E-state index in [1.807, 2.05) is 6.92 Å². The smallest absolute Gasteiger partial charge is 0.0787 e. The van der Waals surface area contributed by atoms with Gasteiger partial charge in [0.1, 0.15) is 0 Å². The maximum Gasteiger partial charge on any atom is 0.0787 e. The second kappa shape index (κ2) is 4.40. The van der Waals surface area contributed by atoms with E-state index in [1.165, 1.54) is 0 Å². The first-order chi connectivity index (χ1) is 6.73. The molecule has 1 aliphatic heterocycles. The zero-order chi connectivity index (χ0) is 11.7. The fourth-order valence-corrected chi connectivity index (χ4v) is 2.35. The summed E-state index contributed by atoms with van der Waals surface area (Å²) in [7, 11) is 0. The number of ether oxygens (including phenoxy) is 1. The van der Waals surface area contributed by atoms with E-state index in [9.17, 15) is 5.11 Å². The van der Waals surface area contributed by atoms with Crippen LogP contribution in [0.3, 0.4) is 0 Å². The first-order valence-electron chi connectivity index (χ1n) is 5.84. The molecule has 3 nitrogen and oxygen atoms in total. The predicted molar refractivity (Wildman–Crippen MR) is 61.9 cm³/mol. The summed E-state index contributed by atoms with van der Waals surface area (Å²) in [4.78, 5) is 0. The average molecular weight is 215 g/mol. The molecule has 0 bridgehead atoms. The number of hydrogen-bond acceptors (Lipinski definition) is 3. The summed E-state index contributed by atoms with van der Waals surface area (Å²) in [5.41, 5.74) is -0.145. The molecule has 2 atom stereocenters. The summed E-state index contributed by atoms with van der Waals surface area (Å²) in [6, 6.07) is 0.381. The number of rotatable bonds is 4. The molecule has 0 aromatic heterocycles. The molecule has 1 heterocycles. The van der Waals surface area contributed by atoms with Crippen LogP contribution in [0.5, 0.6) is 0 Å². The van der Waals surface area contributed by atoms with Gasteiger partial charge in [-0.1, -0.05) is 0 Å². The second-order valence-corrected chi connectivity index (χ2v) is 5.81. The molecular formula is C12H25NO2. The normalized spacial score (nSPS) is 30.4. The van der Waals surface area contributed by atoms with Crippen LogP contribution in [-0.2, 0) is 4.74 Å². The SMILES string of the molecule is C[C@@H](O)CCN[C@@H]1CC(C)(C)OC1(C)C. The van der Waals surface area contributed by atoms with Gasteiger partial charge in [-0.3, -0.25) is 0 Å². The first-order valence-corrected chi connectivity index (χ1v) is 5.84. The molecule has 3 heteroatoms. The van der Waals surface area contributed by atoms with Gasteiger partial charge in [-0.05, 0) is 54.0 Å². The third-order valence-electron chi connectivity index (χ3n) is 3.03. The number of nitrogens with one attached hydrogen (secondary N) is 1. The topological polar surface area (TPSA) is 41.5 Å². The van der Waals surface area contributed by atoms with E-state index in [4.69, 9.17) is 4.74 Å². The predicted octanol–water partition coefficient (Wildman–Crippen LogP) is 1.69. The van der Waals surface area contributed by atoms with Gasteiger partial charge >= 0.3 is 0 Å². The van der Waals surface area contributed by atoms with Gasteiger partial charge in [-0.2, -0.15) is 0 Å². The zero-order valence-corrected chi connectivity index (χ0v) is 10.6. The molecule has 90 valence electrons. The molecule has 0 aromatic rings. The van der Waals surface area contributed by atoms with Gasteiger partial charge in [0.05, 0.1) is 17.3 Å².